The molecule has 0 aromatic rings. The molecule has 4 heteroatoms. The molecule has 16 heavy (non-hydrogen) atoms. The molecule has 2 rings (SSSR count). The fourth-order valence-electron chi connectivity index (χ4n) is 1.89. The summed E-state index contributed by atoms with van der Waals surface area (Å²) < 4.78 is 5.79. The molecule has 0 aromatic carbocycles. The van der Waals surface area contributed by atoms with Crippen LogP contribution in [0.4, 0.5) is 0 Å². The Hall–Kier alpha value is -0.580. The van der Waals surface area contributed by atoms with Crippen LogP contribution >= 0.6 is 11.8 Å². The first kappa shape index (κ1) is 11.9. The first-order valence-electron chi connectivity index (χ1n) is 5.64. The van der Waals surface area contributed by atoms with E-state index in [0.717, 1.165) is 18.8 Å². The minimum atomic E-state index is 0.164. The lowest BCUT2D eigenvalue weighted by atomic mass is 10.1. The topological polar surface area (TPSA) is 33.6 Å². The molecule has 0 amide bonds. The zero-order chi connectivity index (χ0) is 11.4. The maximum atomic E-state index is 5.79. The summed E-state index contributed by atoms with van der Waals surface area (Å²) in [6.45, 7) is 5.85. The molecular weight excluding hydrogens is 220 g/mol. The Kier molecular flexibility index (Phi) is 4.21. The maximum Gasteiger partial charge on any atom is 0.106 e. The second kappa shape index (κ2) is 5.66. The van der Waals surface area contributed by atoms with Gasteiger partial charge in [-0.1, -0.05) is 12.2 Å². The van der Waals surface area contributed by atoms with E-state index in [2.05, 4.69) is 29.4 Å². The monoisotopic (exact) mass is 238 g/mol. The van der Waals surface area contributed by atoms with Crippen molar-refractivity contribution in [3.05, 3.63) is 23.3 Å². The van der Waals surface area contributed by atoms with E-state index in [4.69, 9.17) is 4.74 Å². The second-order valence-electron chi connectivity index (χ2n) is 4.02. The predicted molar refractivity (Wildman–Crippen MR) is 70.0 cm³/mol. The smallest absolute Gasteiger partial charge is 0.106 e. The minimum absolute atomic E-state index is 0.164. The van der Waals surface area contributed by atoms with Crippen molar-refractivity contribution in [3.63, 3.8) is 0 Å². The number of ether oxygens (including phenoxy) is 1. The van der Waals surface area contributed by atoms with Gasteiger partial charge in [0.2, 0.25) is 0 Å². The molecule has 2 unspecified atom stereocenters. The van der Waals surface area contributed by atoms with Crippen molar-refractivity contribution < 1.29 is 4.74 Å². The Morgan fingerprint density at radius 1 is 1.69 bits per heavy atom. The van der Waals surface area contributed by atoms with Crippen molar-refractivity contribution in [1.29, 1.82) is 0 Å². The third-order valence-electron chi connectivity index (χ3n) is 2.75. The summed E-state index contributed by atoms with van der Waals surface area (Å²) in [5.74, 6) is 1.05. The van der Waals surface area contributed by atoms with Gasteiger partial charge in [0.15, 0.2) is 0 Å². The Bertz CT molecular complexity index is 336. The van der Waals surface area contributed by atoms with E-state index in [0.29, 0.717) is 0 Å². The van der Waals surface area contributed by atoms with Gasteiger partial charge >= 0.3 is 0 Å². The molecule has 0 aromatic heterocycles. The van der Waals surface area contributed by atoms with E-state index in [1.54, 1.807) is 11.8 Å². The molecule has 2 heterocycles. The highest BCUT2D eigenvalue weighted by Gasteiger charge is 2.23. The van der Waals surface area contributed by atoms with Gasteiger partial charge in [0, 0.05) is 12.3 Å². The zero-order valence-corrected chi connectivity index (χ0v) is 10.6. The molecule has 1 fully saturated rings. The summed E-state index contributed by atoms with van der Waals surface area (Å²) in [5, 5.41) is 3.29. The zero-order valence-electron chi connectivity index (χ0n) is 9.77. The average molecular weight is 238 g/mol. The molecule has 3 nitrogen and oxygen atoms in total. The molecule has 0 spiro atoms. The third kappa shape index (κ3) is 2.97. The molecule has 0 radical (unpaired) electrons. The summed E-state index contributed by atoms with van der Waals surface area (Å²) in [5.41, 5.74) is 4.58. The minimum Gasteiger partial charge on any atom is -0.354 e. The molecule has 1 saturated heterocycles. The van der Waals surface area contributed by atoms with Crippen molar-refractivity contribution in [2.75, 3.05) is 18.8 Å². The van der Waals surface area contributed by atoms with Crippen molar-refractivity contribution in [3.8, 4) is 0 Å². The average Bonchev–Trinajstić information content (AvgIpc) is 2.74. The first-order chi connectivity index (χ1) is 7.79. The standard InChI is InChI=1S/C12H18N2OS/c1-3-11(12-6-14-9(2)15-12)4-10-5-13-8-16-7-10/h3-4,8-9,12,14H,5-7H2,1-2H3/b10-4-,11-3+. The molecular formula is C12H18N2OS. The van der Waals surface area contributed by atoms with Crippen molar-refractivity contribution in [2.45, 2.75) is 26.2 Å². The van der Waals surface area contributed by atoms with Crippen LogP contribution in [0.5, 0.6) is 0 Å². The number of aliphatic imine (C=N–C) groups is 1. The summed E-state index contributed by atoms with van der Waals surface area (Å²) in [4.78, 5) is 4.27. The van der Waals surface area contributed by atoms with Crippen LogP contribution in [0.3, 0.4) is 0 Å². The second-order valence-corrected chi connectivity index (χ2v) is 4.86. The fraction of sp³-hybridized carbons (Fsp3) is 0.583. The predicted octanol–water partition coefficient (Wildman–Crippen LogP) is 1.97. The quantitative estimate of drug-likeness (QED) is 0.798. The Labute approximate surface area is 101 Å². The lowest BCUT2D eigenvalue weighted by Gasteiger charge is -2.14. The van der Waals surface area contributed by atoms with E-state index >= 15 is 0 Å². The van der Waals surface area contributed by atoms with Crippen LogP contribution in [0.15, 0.2) is 28.3 Å². The number of hydrogen-bond acceptors (Lipinski definition) is 4. The molecule has 1 N–H and O–H groups in total. The maximum absolute atomic E-state index is 5.79. The lowest BCUT2D eigenvalue weighted by Crippen LogP contribution is -2.18. The molecule has 0 bridgehead atoms. The van der Waals surface area contributed by atoms with Crippen LogP contribution in [0.2, 0.25) is 0 Å². The van der Waals surface area contributed by atoms with Gasteiger partial charge in [-0.15, -0.1) is 11.8 Å². The number of nitrogens with one attached hydrogen (secondary N) is 1. The highest BCUT2D eigenvalue weighted by atomic mass is 32.2. The molecule has 2 aliphatic heterocycles. The number of allylic oxidation sites excluding steroid dienone is 1. The number of hydrogen-bond donors (Lipinski definition) is 1. The highest BCUT2D eigenvalue weighted by Crippen LogP contribution is 2.19. The number of nitrogens with zero attached hydrogens (tertiary/aromatic N) is 1. The summed E-state index contributed by atoms with van der Waals surface area (Å²) in [6.07, 6.45) is 4.74. The van der Waals surface area contributed by atoms with Gasteiger partial charge in [-0.25, -0.2) is 0 Å². The van der Waals surface area contributed by atoms with E-state index < -0.39 is 0 Å². The fourth-order valence-corrected chi connectivity index (χ4v) is 2.54. The Balaban J connectivity index is 2.03. The van der Waals surface area contributed by atoms with Gasteiger partial charge in [-0.3, -0.25) is 10.3 Å². The number of rotatable bonds is 2. The first-order valence-corrected chi connectivity index (χ1v) is 6.69. The van der Waals surface area contributed by atoms with Crippen LogP contribution in [-0.2, 0) is 4.74 Å². The van der Waals surface area contributed by atoms with Gasteiger partial charge in [0.05, 0.1) is 18.2 Å². The van der Waals surface area contributed by atoms with Crippen LogP contribution in [0, 0.1) is 0 Å². The molecule has 2 atom stereocenters. The van der Waals surface area contributed by atoms with Gasteiger partial charge < -0.3 is 4.74 Å². The molecule has 88 valence electrons. The largest absolute Gasteiger partial charge is 0.354 e. The van der Waals surface area contributed by atoms with E-state index in [-0.39, 0.29) is 12.3 Å². The SMILES string of the molecule is C/C=C(\C=C1\CN=CSC1)C1CNC(C)O1. The molecule has 0 aliphatic carbocycles. The van der Waals surface area contributed by atoms with Gasteiger partial charge in [0.25, 0.3) is 0 Å². The van der Waals surface area contributed by atoms with E-state index in [1.165, 1.54) is 11.1 Å². The van der Waals surface area contributed by atoms with Gasteiger partial charge in [-0.05, 0) is 25.0 Å². The number of thioether (sulfide) groups is 1. The van der Waals surface area contributed by atoms with Gasteiger partial charge in [0.1, 0.15) is 6.23 Å². The van der Waals surface area contributed by atoms with Crippen molar-refractivity contribution in [2.24, 2.45) is 4.99 Å². The summed E-state index contributed by atoms with van der Waals surface area (Å²) in [6, 6.07) is 0. The van der Waals surface area contributed by atoms with Crippen molar-refractivity contribution >= 4 is 17.3 Å². The van der Waals surface area contributed by atoms with Crippen molar-refractivity contribution in [1.82, 2.24) is 5.32 Å². The van der Waals surface area contributed by atoms with E-state index in [9.17, 15) is 0 Å². The summed E-state index contributed by atoms with van der Waals surface area (Å²) in [7, 11) is 0. The Morgan fingerprint density at radius 2 is 2.56 bits per heavy atom. The van der Waals surface area contributed by atoms with Crippen LogP contribution in [0.1, 0.15) is 13.8 Å². The third-order valence-corrected chi connectivity index (χ3v) is 3.58. The van der Waals surface area contributed by atoms with E-state index in [1.807, 2.05) is 12.5 Å². The van der Waals surface area contributed by atoms with Crippen LogP contribution in [-0.4, -0.2) is 36.7 Å². The summed E-state index contributed by atoms with van der Waals surface area (Å²) >= 11 is 1.75. The highest BCUT2D eigenvalue weighted by molar-refractivity contribution is 8.12. The normalized spacial score (nSPS) is 33.6. The van der Waals surface area contributed by atoms with Gasteiger partial charge in [-0.2, -0.15) is 0 Å². The lowest BCUT2D eigenvalue weighted by molar-refractivity contribution is 0.0741. The van der Waals surface area contributed by atoms with Crippen LogP contribution < -0.4 is 5.32 Å². The molecule has 0 saturated carbocycles. The van der Waals surface area contributed by atoms with Crippen LogP contribution in [0.25, 0.3) is 0 Å². The molecule has 2 aliphatic rings. The Morgan fingerprint density at radius 3 is 3.12 bits per heavy atom.